The van der Waals surface area contributed by atoms with Gasteiger partial charge in [-0.15, -0.1) is 0 Å². The highest BCUT2D eigenvalue weighted by Gasteiger charge is 2.23. The fourth-order valence-electron chi connectivity index (χ4n) is 3.65. The molecule has 0 amide bonds. The number of hydrogen-bond donors (Lipinski definition) is 1. The number of imidazole rings is 1. The van der Waals surface area contributed by atoms with Crippen LogP contribution < -0.4 is 14.8 Å². The molecular formula is C21H21Cl2N3O2. The Kier molecular flexibility index (Phi) is 5.13. The molecule has 0 saturated carbocycles. The second kappa shape index (κ2) is 7.57. The Labute approximate surface area is 174 Å². The average Bonchev–Trinajstić information content (AvgIpc) is 3.09. The van der Waals surface area contributed by atoms with E-state index in [4.69, 9.17) is 32.7 Å². The van der Waals surface area contributed by atoms with Gasteiger partial charge in [0, 0.05) is 22.2 Å². The quantitative estimate of drug-likeness (QED) is 0.586. The monoisotopic (exact) mass is 417 g/mol. The van der Waals surface area contributed by atoms with Crippen LogP contribution in [0.2, 0.25) is 10.0 Å². The van der Waals surface area contributed by atoms with E-state index in [0.717, 1.165) is 41.5 Å². The summed E-state index contributed by atoms with van der Waals surface area (Å²) in [4.78, 5) is 4.62. The van der Waals surface area contributed by atoms with Gasteiger partial charge >= 0.3 is 0 Å². The van der Waals surface area contributed by atoms with Crippen LogP contribution in [-0.2, 0) is 13.0 Å². The van der Waals surface area contributed by atoms with Gasteiger partial charge in [-0.25, -0.2) is 4.98 Å². The van der Waals surface area contributed by atoms with Crippen LogP contribution in [0, 0.1) is 0 Å². The van der Waals surface area contributed by atoms with Gasteiger partial charge in [0.05, 0.1) is 32.2 Å². The number of nitrogens with zero attached hydrogens (tertiary/aromatic N) is 2. The molecule has 1 aliphatic heterocycles. The molecule has 3 aromatic rings. The van der Waals surface area contributed by atoms with Crippen LogP contribution >= 0.6 is 23.2 Å². The Balaban J connectivity index is 1.66. The Morgan fingerprint density at radius 3 is 2.57 bits per heavy atom. The molecule has 1 unspecified atom stereocenters. The van der Waals surface area contributed by atoms with Crippen molar-refractivity contribution in [3.8, 4) is 22.8 Å². The fraction of sp³-hybridized carbons (Fsp3) is 0.286. The summed E-state index contributed by atoms with van der Waals surface area (Å²) < 4.78 is 13.1. The highest BCUT2D eigenvalue weighted by Crippen LogP contribution is 2.40. The molecule has 0 radical (unpaired) electrons. The Bertz CT molecular complexity index is 1030. The van der Waals surface area contributed by atoms with Gasteiger partial charge in [0.25, 0.3) is 0 Å². The largest absolute Gasteiger partial charge is 0.493 e. The van der Waals surface area contributed by atoms with Crippen LogP contribution in [0.15, 0.2) is 36.5 Å². The van der Waals surface area contributed by atoms with Crippen LogP contribution in [0.1, 0.15) is 24.1 Å². The smallest absolute Gasteiger partial charge is 0.203 e. The minimum atomic E-state index is -0.0110. The number of methoxy groups -OCH3 is 2. The second-order valence-corrected chi connectivity index (χ2v) is 7.61. The van der Waals surface area contributed by atoms with Crippen molar-refractivity contribution in [1.82, 2.24) is 9.55 Å². The first-order valence-electron chi connectivity index (χ1n) is 9.04. The number of rotatable bonds is 5. The molecule has 7 heteroatoms. The minimum absolute atomic E-state index is 0.0110. The van der Waals surface area contributed by atoms with Crippen molar-refractivity contribution in [1.29, 1.82) is 0 Å². The van der Waals surface area contributed by atoms with Gasteiger partial charge in [-0.2, -0.15) is 0 Å². The van der Waals surface area contributed by atoms with Crippen molar-refractivity contribution in [3.63, 3.8) is 0 Å². The fourth-order valence-corrected chi connectivity index (χ4v) is 4.23. The van der Waals surface area contributed by atoms with Gasteiger partial charge < -0.3 is 19.4 Å². The maximum atomic E-state index is 6.36. The Morgan fingerprint density at radius 2 is 1.86 bits per heavy atom. The summed E-state index contributed by atoms with van der Waals surface area (Å²) in [6, 6.07) is 9.60. The standard InChI is InChI=1S/C21H21Cl2N3O2/c1-12(15-5-4-14(22)9-17(15)23)25-21-24-11-18-16-10-20(28-3)19(27-2)8-13(16)6-7-26(18)21/h4-5,8-12H,6-7H2,1-3H3,(H,24,25). The lowest BCUT2D eigenvalue weighted by molar-refractivity contribution is 0.354. The first-order chi connectivity index (χ1) is 13.5. The van der Waals surface area contributed by atoms with E-state index in [0.29, 0.717) is 15.8 Å². The Hall–Kier alpha value is -2.37. The van der Waals surface area contributed by atoms with Crippen molar-refractivity contribution in [3.05, 3.63) is 57.7 Å². The number of aromatic nitrogens is 2. The number of fused-ring (bicyclic) bond motifs is 3. The van der Waals surface area contributed by atoms with E-state index in [2.05, 4.69) is 21.8 Å². The summed E-state index contributed by atoms with van der Waals surface area (Å²) in [5.74, 6) is 2.28. The van der Waals surface area contributed by atoms with Crippen molar-refractivity contribution >= 4 is 29.2 Å². The molecular weight excluding hydrogens is 397 g/mol. The van der Waals surface area contributed by atoms with Crippen molar-refractivity contribution < 1.29 is 9.47 Å². The number of nitrogens with one attached hydrogen (secondary N) is 1. The summed E-state index contributed by atoms with van der Waals surface area (Å²) in [5, 5.41) is 4.74. The molecule has 5 nitrogen and oxygen atoms in total. The topological polar surface area (TPSA) is 48.3 Å². The zero-order valence-corrected chi connectivity index (χ0v) is 17.4. The lowest BCUT2D eigenvalue weighted by atomic mass is 9.98. The lowest BCUT2D eigenvalue weighted by Gasteiger charge is -2.23. The highest BCUT2D eigenvalue weighted by molar-refractivity contribution is 6.35. The van der Waals surface area contributed by atoms with Crippen molar-refractivity contribution in [2.45, 2.75) is 25.9 Å². The van der Waals surface area contributed by atoms with Gasteiger partial charge in [0.2, 0.25) is 5.95 Å². The molecule has 2 heterocycles. The summed E-state index contributed by atoms with van der Waals surface area (Å²) >= 11 is 12.4. The van der Waals surface area contributed by atoms with Crippen molar-refractivity contribution in [2.75, 3.05) is 19.5 Å². The molecule has 28 heavy (non-hydrogen) atoms. The molecule has 0 aliphatic carbocycles. The van der Waals surface area contributed by atoms with E-state index >= 15 is 0 Å². The summed E-state index contributed by atoms with van der Waals surface area (Å²) in [6.07, 6.45) is 2.78. The van der Waals surface area contributed by atoms with Gasteiger partial charge in [-0.3, -0.25) is 0 Å². The van der Waals surface area contributed by atoms with Crippen LogP contribution in [0.3, 0.4) is 0 Å². The molecule has 0 spiro atoms. The third-order valence-corrected chi connectivity index (χ3v) is 5.68. The summed E-state index contributed by atoms with van der Waals surface area (Å²) in [6.45, 7) is 2.89. The summed E-state index contributed by atoms with van der Waals surface area (Å²) in [5.41, 5.74) is 4.37. The second-order valence-electron chi connectivity index (χ2n) is 6.76. The van der Waals surface area contributed by atoms with Crippen LogP contribution in [-0.4, -0.2) is 23.8 Å². The van der Waals surface area contributed by atoms with E-state index < -0.39 is 0 Å². The molecule has 1 N–H and O–H groups in total. The lowest BCUT2D eigenvalue weighted by Crippen LogP contribution is -2.16. The molecule has 146 valence electrons. The SMILES string of the molecule is COc1cc2c(cc1OC)-c1cnc(NC(C)c3ccc(Cl)cc3Cl)n1CC2. The Morgan fingerprint density at radius 1 is 1.11 bits per heavy atom. The third kappa shape index (κ3) is 3.29. The van der Waals surface area contributed by atoms with Gasteiger partial charge in [0.15, 0.2) is 11.5 Å². The van der Waals surface area contributed by atoms with Crippen molar-refractivity contribution in [2.24, 2.45) is 0 Å². The summed E-state index contributed by atoms with van der Waals surface area (Å²) in [7, 11) is 3.30. The molecule has 1 aromatic heterocycles. The van der Waals surface area contributed by atoms with Crippen LogP contribution in [0.5, 0.6) is 11.5 Å². The number of ether oxygens (including phenoxy) is 2. The molecule has 0 fully saturated rings. The van der Waals surface area contributed by atoms with Crippen LogP contribution in [0.4, 0.5) is 5.95 Å². The molecule has 0 saturated heterocycles. The van der Waals surface area contributed by atoms with Crippen LogP contribution in [0.25, 0.3) is 11.3 Å². The van der Waals surface area contributed by atoms with Gasteiger partial charge in [0.1, 0.15) is 0 Å². The molecule has 1 aliphatic rings. The predicted octanol–water partition coefficient (Wildman–Crippen LogP) is 5.60. The average molecular weight is 418 g/mol. The van der Waals surface area contributed by atoms with E-state index in [1.165, 1.54) is 5.56 Å². The van der Waals surface area contributed by atoms with E-state index in [1.54, 1.807) is 20.3 Å². The van der Waals surface area contributed by atoms with Gasteiger partial charge in [-0.1, -0.05) is 29.3 Å². The third-order valence-electron chi connectivity index (χ3n) is 5.12. The minimum Gasteiger partial charge on any atom is -0.493 e. The molecule has 1 atom stereocenters. The number of benzene rings is 2. The first kappa shape index (κ1) is 19.0. The number of halogens is 2. The zero-order valence-electron chi connectivity index (χ0n) is 15.9. The number of hydrogen-bond acceptors (Lipinski definition) is 4. The van der Waals surface area contributed by atoms with E-state index in [-0.39, 0.29) is 6.04 Å². The molecule has 2 aromatic carbocycles. The van der Waals surface area contributed by atoms with Gasteiger partial charge in [-0.05, 0) is 48.7 Å². The predicted molar refractivity (Wildman–Crippen MR) is 113 cm³/mol. The maximum Gasteiger partial charge on any atom is 0.203 e. The maximum absolute atomic E-state index is 6.36. The van der Waals surface area contributed by atoms with E-state index in [1.807, 2.05) is 30.5 Å². The normalized spacial score (nSPS) is 13.5. The van der Waals surface area contributed by atoms with E-state index in [9.17, 15) is 0 Å². The first-order valence-corrected chi connectivity index (χ1v) is 9.79. The highest BCUT2D eigenvalue weighted by atomic mass is 35.5. The molecule has 0 bridgehead atoms. The zero-order chi connectivity index (χ0) is 19.8. The number of anilines is 1. The number of aryl methyl sites for hydroxylation is 1. The molecule has 4 rings (SSSR count).